The van der Waals surface area contributed by atoms with E-state index in [1.165, 1.54) is 22.2 Å². The van der Waals surface area contributed by atoms with Crippen LogP contribution in [0.2, 0.25) is 0 Å². The predicted molar refractivity (Wildman–Crippen MR) is 105 cm³/mol. The molecule has 0 aliphatic carbocycles. The molecule has 0 aliphatic heterocycles. The SMILES string of the molecule is CCOc1ccc2nc(NC(=O)Cn3ncc(=O)c4ccccc43)sc2c1. The molecule has 8 heteroatoms. The van der Waals surface area contributed by atoms with Gasteiger partial charge in [-0.25, -0.2) is 4.98 Å². The van der Waals surface area contributed by atoms with Crippen LogP contribution in [0.4, 0.5) is 5.13 Å². The number of thiazole rings is 1. The largest absolute Gasteiger partial charge is 0.494 e. The van der Waals surface area contributed by atoms with E-state index in [4.69, 9.17) is 4.74 Å². The first-order chi connectivity index (χ1) is 13.1. The number of rotatable bonds is 5. The van der Waals surface area contributed by atoms with Gasteiger partial charge in [0.2, 0.25) is 11.3 Å². The quantitative estimate of drug-likeness (QED) is 0.575. The number of nitrogens with zero attached hydrogens (tertiary/aromatic N) is 3. The van der Waals surface area contributed by atoms with Crippen LogP contribution in [0.5, 0.6) is 5.75 Å². The number of anilines is 1. The summed E-state index contributed by atoms with van der Waals surface area (Å²) >= 11 is 1.38. The van der Waals surface area contributed by atoms with Gasteiger partial charge < -0.3 is 10.1 Å². The maximum atomic E-state index is 12.4. The average molecular weight is 380 g/mol. The summed E-state index contributed by atoms with van der Waals surface area (Å²) in [4.78, 5) is 28.8. The van der Waals surface area contributed by atoms with Crippen LogP contribution >= 0.6 is 11.3 Å². The van der Waals surface area contributed by atoms with Crippen LogP contribution in [0.15, 0.2) is 53.5 Å². The number of benzene rings is 2. The Balaban J connectivity index is 1.55. The van der Waals surface area contributed by atoms with Crippen molar-refractivity contribution in [2.75, 3.05) is 11.9 Å². The summed E-state index contributed by atoms with van der Waals surface area (Å²) in [5.74, 6) is 0.510. The zero-order valence-corrected chi connectivity index (χ0v) is 15.3. The molecule has 27 heavy (non-hydrogen) atoms. The standard InChI is InChI=1S/C19H16N4O3S/c1-2-26-12-7-8-14-17(9-12)27-19(21-14)22-18(25)11-23-15-6-4-3-5-13(15)16(24)10-20-23/h3-10H,2,11H2,1H3,(H,21,22,25). The number of fused-ring (bicyclic) bond motifs is 2. The van der Waals surface area contributed by atoms with Crippen LogP contribution in [-0.4, -0.2) is 27.3 Å². The normalized spacial score (nSPS) is 11.0. The Kier molecular flexibility index (Phi) is 4.55. The molecular formula is C19H16N4O3S. The van der Waals surface area contributed by atoms with Crippen molar-refractivity contribution in [3.05, 3.63) is 58.9 Å². The molecule has 0 bridgehead atoms. The van der Waals surface area contributed by atoms with Crippen LogP contribution in [-0.2, 0) is 11.3 Å². The summed E-state index contributed by atoms with van der Waals surface area (Å²) < 4.78 is 7.93. The molecule has 2 heterocycles. The Bertz CT molecular complexity index is 1200. The fourth-order valence-electron chi connectivity index (χ4n) is 2.80. The van der Waals surface area contributed by atoms with Gasteiger partial charge in [0.1, 0.15) is 12.3 Å². The van der Waals surface area contributed by atoms with Gasteiger partial charge in [-0.05, 0) is 37.3 Å². The molecule has 0 saturated heterocycles. The van der Waals surface area contributed by atoms with E-state index < -0.39 is 0 Å². The van der Waals surface area contributed by atoms with Gasteiger partial charge in [0.05, 0.1) is 28.5 Å². The molecule has 136 valence electrons. The highest BCUT2D eigenvalue weighted by molar-refractivity contribution is 7.22. The van der Waals surface area contributed by atoms with Crippen molar-refractivity contribution in [1.29, 1.82) is 0 Å². The van der Waals surface area contributed by atoms with Crippen molar-refractivity contribution in [3.8, 4) is 5.75 Å². The van der Waals surface area contributed by atoms with Crippen molar-refractivity contribution in [1.82, 2.24) is 14.8 Å². The maximum absolute atomic E-state index is 12.4. The zero-order chi connectivity index (χ0) is 18.8. The second-order valence-corrected chi connectivity index (χ2v) is 6.84. The van der Waals surface area contributed by atoms with Crippen molar-refractivity contribution < 1.29 is 9.53 Å². The summed E-state index contributed by atoms with van der Waals surface area (Å²) in [6.45, 7) is 2.51. The highest BCUT2D eigenvalue weighted by Crippen LogP contribution is 2.29. The Labute approximate surface area is 158 Å². The minimum Gasteiger partial charge on any atom is -0.494 e. The fourth-order valence-corrected chi connectivity index (χ4v) is 3.71. The lowest BCUT2D eigenvalue weighted by Crippen LogP contribution is -2.22. The van der Waals surface area contributed by atoms with Crippen molar-refractivity contribution in [3.63, 3.8) is 0 Å². The zero-order valence-electron chi connectivity index (χ0n) is 14.5. The maximum Gasteiger partial charge on any atom is 0.247 e. The highest BCUT2D eigenvalue weighted by atomic mass is 32.1. The number of carbonyl (C=O) groups is 1. The van der Waals surface area contributed by atoms with Crippen LogP contribution in [0.3, 0.4) is 0 Å². The first kappa shape index (κ1) is 17.2. The van der Waals surface area contributed by atoms with E-state index in [1.807, 2.05) is 25.1 Å². The average Bonchev–Trinajstić information content (AvgIpc) is 3.06. The number of hydrogen-bond acceptors (Lipinski definition) is 6. The van der Waals surface area contributed by atoms with E-state index in [0.29, 0.717) is 22.6 Å². The number of aromatic nitrogens is 3. The molecule has 4 aromatic rings. The molecule has 0 saturated carbocycles. The Morgan fingerprint density at radius 2 is 2.11 bits per heavy atom. The summed E-state index contributed by atoms with van der Waals surface area (Å²) in [6, 6.07) is 12.7. The number of hydrogen-bond donors (Lipinski definition) is 1. The molecule has 1 N–H and O–H groups in total. The van der Waals surface area contributed by atoms with Crippen LogP contribution in [0.1, 0.15) is 6.92 Å². The topological polar surface area (TPSA) is 86.1 Å². The minimum atomic E-state index is -0.264. The van der Waals surface area contributed by atoms with Crippen LogP contribution in [0.25, 0.3) is 21.1 Å². The van der Waals surface area contributed by atoms with E-state index in [2.05, 4.69) is 15.4 Å². The molecule has 0 fully saturated rings. The van der Waals surface area contributed by atoms with Gasteiger partial charge in [0, 0.05) is 5.39 Å². The fraction of sp³-hybridized carbons (Fsp3) is 0.158. The van der Waals surface area contributed by atoms with Gasteiger partial charge in [-0.15, -0.1) is 0 Å². The monoisotopic (exact) mass is 380 g/mol. The molecule has 0 atom stereocenters. The van der Waals surface area contributed by atoms with Gasteiger partial charge in [0.15, 0.2) is 5.13 Å². The first-order valence-corrected chi connectivity index (χ1v) is 9.24. The van der Waals surface area contributed by atoms with E-state index >= 15 is 0 Å². The van der Waals surface area contributed by atoms with Gasteiger partial charge in [-0.2, -0.15) is 5.10 Å². The molecule has 0 unspecified atom stereocenters. The molecule has 2 aromatic heterocycles. The molecule has 0 spiro atoms. The molecule has 4 rings (SSSR count). The summed E-state index contributed by atoms with van der Waals surface area (Å²) in [6.07, 6.45) is 1.22. The van der Waals surface area contributed by atoms with Gasteiger partial charge in [-0.3, -0.25) is 14.3 Å². The van der Waals surface area contributed by atoms with Crippen molar-refractivity contribution in [2.45, 2.75) is 13.5 Å². The number of ether oxygens (including phenoxy) is 1. The second kappa shape index (κ2) is 7.16. The second-order valence-electron chi connectivity index (χ2n) is 5.81. The third-order valence-electron chi connectivity index (χ3n) is 3.97. The number of carbonyl (C=O) groups excluding carboxylic acids is 1. The van der Waals surface area contributed by atoms with E-state index in [9.17, 15) is 9.59 Å². The lowest BCUT2D eigenvalue weighted by molar-refractivity contribution is -0.116. The van der Waals surface area contributed by atoms with E-state index in [-0.39, 0.29) is 17.9 Å². The van der Waals surface area contributed by atoms with E-state index in [0.717, 1.165) is 16.0 Å². The third-order valence-corrected chi connectivity index (χ3v) is 4.91. The number of para-hydroxylation sites is 1. The van der Waals surface area contributed by atoms with E-state index in [1.54, 1.807) is 24.3 Å². The summed E-state index contributed by atoms with van der Waals surface area (Å²) in [7, 11) is 0. The Hall–Kier alpha value is -3.26. The van der Waals surface area contributed by atoms with Crippen molar-refractivity contribution in [2.24, 2.45) is 0 Å². The van der Waals surface area contributed by atoms with Gasteiger partial charge in [-0.1, -0.05) is 23.5 Å². The molecular weight excluding hydrogens is 364 g/mol. The third kappa shape index (κ3) is 3.52. The lowest BCUT2D eigenvalue weighted by atomic mass is 10.2. The molecule has 0 radical (unpaired) electrons. The highest BCUT2D eigenvalue weighted by Gasteiger charge is 2.11. The lowest BCUT2D eigenvalue weighted by Gasteiger charge is -2.08. The smallest absolute Gasteiger partial charge is 0.247 e. The number of amides is 1. The Morgan fingerprint density at radius 1 is 1.26 bits per heavy atom. The molecule has 7 nitrogen and oxygen atoms in total. The first-order valence-electron chi connectivity index (χ1n) is 8.42. The predicted octanol–water partition coefficient (Wildman–Crippen LogP) is 3.04. The van der Waals surface area contributed by atoms with Gasteiger partial charge in [0.25, 0.3) is 0 Å². The van der Waals surface area contributed by atoms with Crippen molar-refractivity contribution >= 4 is 43.5 Å². The van der Waals surface area contributed by atoms with Crippen LogP contribution in [0, 0.1) is 0 Å². The summed E-state index contributed by atoms with van der Waals surface area (Å²) in [5.41, 5.74) is 1.25. The molecule has 0 aliphatic rings. The van der Waals surface area contributed by atoms with Gasteiger partial charge >= 0.3 is 0 Å². The number of nitrogens with one attached hydrogen (secondary N) is 1. The molecule has 1 amide bonds. The minimum absolute atomic E-state index is 0.0130. The van der Waals surface area contributed by atoms with Crippen LogP contribution < -0.4 is 15.5 Å². The molecule has 2 aromatic carbocycles. The Morgan fingerprint density at radius 3 is 2.96 bits per heavy atom. The summed E-state index contributed by atoms with van der Waals surface area (Å²) in [5, 5.41) is 7.91.